The first-order chi connectivity index (χ1) is 8.77. The normalized spacial score (nSPS) is 30.1. The first-order valence-corrected chi connectivity index (χ1v) is 8.36. The summed E-state index contributed by atoms with van der Waals surface area (Å²) in [4.78, 5) is 0. The Bertz CT molecular complexity index is 405. The molecule has 1 aromatic carbocycles. The molecule has 3 heteroatoms. The first-order valence-electron chi connectivity index (χ1n) is 6.88. The fourth-order valence-electron chi connectivity index (χ4n) is 3.13. The van der Waals surface area contributed by atoms with E-state index in [1.165, 1.54) is 23.7 Å². The smallest absolute Gasteiger partial charge is 0.184 e. The van der Waals surface area contributed by atoms with Crippen LogP contribution in [0.3, 0.4) is 0 Å². The molecule has 1 aromatic rings. The van der Waals surface area contributed by atoms with Gasteiger partial charge in [0.1, 0.15) is 0 Å². The van der Waals surface area contributed by atoms with E-state index in [-0.39, 0.29) is 14.2 Å². The molecule has 0 aliphatic carbocycles. The van der Waals surface area contributed by atoms with E-state index < -0.39 is 0 Å². The third kappa shape index (κ3) is 2.22. The van der Waals surface area contributed by atoms with E-state index in [1.807, 2.05) is 0 Å². The molecule has 2 saturated heterocycles. The lowest BCUT2D eigenvalue weighted by atomic mass is 10.2. The number of benzene rings is 1. The second-order valence-electron chi connectivity index (χ2n) is 5.31. The van der Waals surface area contributed by atoms with Gasteiger partial charge in [-0.05, 0) is 29.5 Å². The van der Waals surface area contributed by atoms with Crippen LogP contribution in [0, 0.1) is 0 Å². The SMILES string of the molecule is C[C@@H]1CC[C@@H](C)P1c1ccccc1C1OCCO1. The zero-order valence-corrected chi connectivity index (χ0v) is 12.0. The van der Waals surface area contributed by atoms with Crippen LogP contribution in [0.1, 0.15) is 38.5 Å². The second-order valence-corrected chi connectivity index (χ2v) is 8.37. The minimum Gasteiger partial charge on any atom is -0.346 e. The van der Waals surface area contributed by atoms with E-state index in [0.29, 0.717) is 0 Å². The highest BCUT2D eigenvalue weighted by atomic mass is 31.1. The molecule has 98 valence electrons. The third-order valence-electron chi connectivity index (χ3n) is 4.04. The summed E-state index contributed by atoms with van der Waals surface area (Å²) in [5, 5.41) is 1.51. The summed E-state index contributed by atoms with van der Waals surface area (Å²) in [5.41, 5.74) is 2.94. The Morgan fingerprint density at radius 3 is 2.28 bits per heavy atom. The lowest BCUT2D eigenvalue weighted by molar-refractivity contribution is -0.0433. The standard InChI is InChI=1S/C15H21O2P/c1-11-7-8-12(2)18(11)14-6-4-3-5-13(14)15-16-9-10-17-15/h3-6,11-12,15H,7-10H2,1-2H3/t11-,12-/m1/s1. The van der Waals surface area contributed by atoms with Gasteiger partial charge in [0.05, 0.1) is 13.2 Å². The summed E-state index contributed by atoms with van der Waals surface area (Å²) in [6.07, 6.45) is 2.62. The Morgan fingerprint density at radius 2 is 1.61 bits per heavy atom. The quantitative estimate of drug-likeness (QED) is 0.762. The van der Waals surface area contributed by atoms with E-state index in [2.05, 4.69) is 38.1 Å². The molecule has 2 fully saturated rings. The van der Waals surface area contributed by atoms with Gasteiger partial charge >= 0.3 is 0 Å². The number of ether oxygens (including phenoxy) is 2. The Kier molecular flexibility index (Phi) is 3.70. The fraction of sp³-hybridized carbons (Fsp3) is 0.600. The molecule has 2 aliphatic heterocycles. The molecule has 0 N–H and O–H groups in total. The fourth-order valence-corrected chi connectivity index (χ4v) is 6.54. The van der Waals surface area contributed by atoms with Crippen LogP contribution in [0.25, 0.3) is 0 Å². The van der Waals surface area contributed by atoms with Crippen molar-refractivity contribution >= 4 is 13.2 Å². The van der Waals surface area contributed by atoms with Crippen molar-refractivity contribution in [3.63, 3.8) is 0 Å². The van der Waals surface area contributed by atoms with Gasteiger partial charge in [0.2, 0.25) is 0 Å². The zero-order chi connectivity index (χ0) is 12.5. The number of hydrogen-bond acceptors (Lipinski definition) is 2. The van der Waals surface area contributed by atoms with Gasteiger partial charge in [-0.3, -0.25) is 0 Å². The van der Waals surface area contributed by atoms with E-state index in [0.717, 1.165) is 24.5 Å². The highest BCUT2D eigenvalue weighted by molar-refractivity contribution is 7.67. The minimum atomic E-state index is -0.122. The molecule has 0 spiro atoms. The maximum absolute atomic E-state index is 5.70. The van der Waals surface area contributed by atoms with Crippen molar-refractivity contribution in [2.75, 3.05) is 13.2 Å². The monoisotopic (exact) mass is 264 g/mol. The summed E-state index contributed by atoms with van der Waals surface area (Å²) in [5.74, 6) is 0. The molecule has 0 unspecified atom stereocenters. The Labute approximate surface area is 110 Å². The van der Waals surface area contributed by atoms with Crippen LogP contribution in [0.5, 0.6) is 0 Å². The Morgan fingerprint density at radius 1 is 1.00 bits per heavy atom. The Hall–Kier alpha value is -0.430. The zero-order valence-electron chi connectivity index (χ0n) is 11.1. The van der Waals surface area contributed by atoms with Gasteiger partial charge in [0.25, 0.3) is 0 Å². The van der Waals surface area contributed by atoms with Crippen LogP contribution in [0.4, 0.5) is 0 Å². The van der Waals surface area contributed by atoms with Crippen molar-refractivity contribution in [1.29, 1.82) is 0 Å². The second kappa shape index (κ2) is 5.28. The average Bonchev–Trinajstić information content (AvgIpc) is 3.00. The van der Waals surface area contributed by atoms with Crippen molar-refractivity contribution in [1.82, 2.24) is 0 Å². The molecule has 18 heavy (non-hydrogen) atoms. The van der Waals surface area contributed by atoms with Crippen LogP contribution < -0.4 is 5.30 Å². The van der Waals surface area contributed by atoms with Crippen molar-refractivity contribution in [2.45, 2.75) is 44.3 Å². The van der Waals surface area contributed by atoms with Gasteiger partial charge in [-0.25, -0.2) is 0 Å². The van der Waals surface area contributed by atoms with Crippen LogP contribution in [-0.4, -0.2) is 24.5 Å². The van der Waals surface area contributed by atoms with Gasteiger partial charge in [-0.2, -0.15) is 0 Å². The van der Waals surface area contributed by atoms with Crippen LogP contribution in [0.15, 0.2) is 24.3 Å². The summed E-state index contributed by atoms with van der Waals surface area (Å²) in [6, 6.07) is 8.74. The first kappa shape index (κ1) is 12.6. The summed E-state index contributed by atoms with van der Waals surface area (Å²) < 4.78 is 11.4. The van der Waals surface area contributed by atoms with E-state index in [1.54, 1.807) is 0 Å². The van der Waals surface area contributed by atoms with Gasteiger partial charge in [0.15, 0.2) is 6.29 Å². The molecule has 0 radical (unpaired) electrons. The molecule has 2 heterocycles. The molecule has 0 bridgehead atoms. The van der Waals surface area contributed by atoms with E-state index >= 15 is 0 Å². The number of hydrogen-bond donors (Lipinski definition) is 0. The molecule has 2 atom stereocenters. The summed E-state index contributed by atoms with van der Waals surface area (Å²) >= 11 is 0. The molecular weight excluding hydrogens is 243 g/mol. The topological polar surface area (TPSA) is 18.5 Å². The van der Waals surface area contributed by atoms with Gasteiger partial charge < -0.3 is 9.47 Å². The Balaban J connectivity index is 1.95. The van der Waals surface area contributed by atoms with Gasteiger partial charge in [-0.15, -0.1) is 0 Å². The molecule has 0 amide bonds. The van der Waals surface area contributed by atoms with Crippen LogP contribution >= 0.6 is 7.92 Å². The molecule has 2 nitrogen and oxygen atoms in total. The molecule has 2 aliphatic rings. The van der Waals surface area contributed by atoms with Gasteiger partial charge in [-0.1, -0.05) is 46.0 Å². The lowest BCUT2D eigenvalue weighted by Crippen LogP contribution is -2.18. The lowest BCUT2D eigenvalue weighted by Gasteiger charge is -2.25. The van der Waals surface area contributed by atoms with Crippen molar-refractivity contribution < 1.29 is 9.47 Å². The molecule has 3 rings (SSSR count). The number of rotatable bonds is 2. The van der Waals surface area contributed by atoms with Crippen LogP contribution in [-0.2, 0) is 9.47 Å². The van der Waals surface area contributed by atoms with Crippen LogP contribution in [0.2, 0.25) is 0 Å². The molecule has 0 aromatic heterocycles. The largest absolute Gasteiger partial charge is 0.346 e. The van der Waals surface area contributed by atoms with E-state index in [9.17, 15) is 0 Å². The molecular formula is C15H21O2P. The van der Waals surface area contributed by atoms with Crippen molar-refractivity contribution in [3.8, 4) is 0 Å². The summed E-state index contributed by atoms with van der Waals surface area (Å²) in [6.45, 7) is 6.26. The highest BCUT2D eigenvalue weighted by Crippen LogP contribution is 2.55. The highest BCUT2D eigenvalue weighted by Gasteiger charge is 2.34. The third-order valence-corrected chi connectivity index (χ3v) is 7.42. The summed E-state index contributed by atoms with van der Waals surface area (Å²) in [7, 11) is -0.0596. The van der Waals surface area contributed by atoms with Crippen molar-refractivity contribution in [2.24, 2.45) is 0 Å². The maximum Gasteiger partial charge on any atom is 0.184 e. The maximum atomic E-state index is 5.70. The molecule has 0 saturated carbocycles. The van der Waals surface area contributed by atoms with E-state index in [4.69, 9.17) is 9.47 Å². The van der Waals surface area contributed by atoms with Crippen molar-refractivity contribution in [3.05, 3.63) is 29.8 Å². The predicted octanol–water partition coefficient (Wildman–Crippen LogP) is 3.41. The average molecular weight is 264 g/mol. The van der Waals surface area contributed by atoms with Gasteiger partial charge in [0, 0.05) is 5.56 Å². The minimum absolute atomic E-state index is 0.0596. The predicted molar refractivity (Wildman–Crippen MR) is 75.8 cm³/mol.